The van der Waals surface area contributed by atoms with Crippen LogP contribution in [0.15, 0.2) is 12.1 Å². The molecule has 18 heavy (non-hydrogen) atoms. The van der Waals surface area contributed by atoms with Gasteiger partial charge in [-0.05, 0) is 23.1 Å². The van der Waals surface area contributed by atoms with Crippen molar-refractivity contribution in [1.82, 2.24) is 0 Å². The number of hydrogen-bond donors (Lipinski definition) is 2. The van der Waals surface area contributed by atoms with E-state index in [1.54, 1.807) is 6.07 Å². The van der Waals surface area contributed by atoms with Gasteiger partial charge < -0.3 is 10.5 Å². The van der Waals surface area contributed by atoms with E-state index in [0.717, 1.165) is 0 Å². The van der Waals surface area contributed by atoms with E-state index < -0.39 is 5.82 Å². The minimum atomic E-state index is -0.487. The van der Waals surface area contributed by atoms with Crippen molar-refractivity contribution in [3.63, 3.8) is 0 Å². The highest BCUT2D eigenvalue weighted by atomic mass is 35.5. The predicted octanol–water partition coefficient (Wildman–Crippen LogP) is 3.83. The lowest BCUT2D eigenvalue weighted by atomic mass is 9.99. The molecule has 0 aliphatic heterocycles. The van der Waals surface area contributed by atoms with Crippen molar-refractivity contribution >= 4 is 24.2 Å². The molecule has 1 aromatic rings. The molecule has 0 fully saturated rings. The molecule has 0 saturated carbocycles. The molecule has 0 aliphatic carbocycles. The van der Waals surface area contributed by atoms with Crippen LogP contribution in [0.1, 0.15) is 32.4 Å². The standard InChI is InChI=1S/C13H19ClFNOS/c1-13(2,3)7-17-12-9(14)4-8(5-10(12)15)11(16)6-18/h4-5,11,18H,6-7,16H2,1-3H3. The number of thiol groups is 1. The number of rotatable bonds is 4. The summed E-state index contributed by atoms with van der Waals surface area (Å²) in [7, 11) is 0. The number of halogens is 2. The van der Waals surface area contributed by atoms with Crippen LogP contribution in [-0.2, 0) is 0 Å². The first-order chi connectivity index (χ1) is 8.24. The largest absolute Gasteiger partial charge is 0.488 e. The molecule has 0 spiro atoms. The first-order valence-corrected chi connectivity index (χ1v) is 6.74. The molecule has 1 unspecified atom stereocenters. The molecule has 0 aliphatic rings. The Labute approximate surface area is 118 Å². The zero-order chi connectivity index (χ0) is 13.9. The summed E-state index contributed by atoms with van der Waals surface area (Å²) >= 11 is 10.1. The quantitative estimate of drug-likeness (QED) is 0.827. The molecule has 0 amide bonds. The fourth-order valence-electron chi connectivity index (χ4n) is 1.33. The highest BCUT2D eigenvalue weighted by Crippen LogP contribution is 2.32. The van der Waals surface area contributed by atoms with Gasteiger partial charge in [0.25, 0.3) is 0 Å². The molecule has 2 N–H and O–H groups in total. The number of benzene rings is 1. The lowest BCUT2D eigenvalue weighted by molar-refractivity contribution is 0.191. The maximum absolute atomic E-state index is 13.9. The van der Waals surface area contributed by atoms with Gasteiger partial charge in [-0.2, -0.15) is 12.6 Å². The summed E-state index contributed by atoms with van der Waals surface area (Å²) in [6, 6.07) is 2.64. The van der Waals surface area contributed by atoms with Crippen molar-refractivity contribution in [3.05, 3.63) is 28.5 Å². The average molecular weight is 292 g/mol. The van der Waals surface area contributed by atoms with Crippen LogP contribution in [-0.4, -0.2) is 12.4 Å². The zero-order valence-electron chi connectivity index (χ0n) is 10.8. The third-order valence-corrected chi connectivity index (χ3v) is 2.97. The van der Waals surface area contributed by atoms with Crippen molar-refractivity contribution < 1.29 is 9.13 Å². The topological polar surface area (TPSA) is 35.2 Å². The van der Waals surface area contributed by atoms with E-state index in [-0.39, 0.29) is 22.2 Å². The van der Waals surface area contributed by atoms with Crippen LogP contribution in [0.4, 0.5) is 4.39 Å². The summed E-state index contributed by atoms with van der Waals surface area (Å²) < 4.78 is 19.3. The average Bonchev–Trinajstić information content (AvgIpc) is 2.25. The minimum Gasteiger partial charge on any atom is -0.488 e. The Bertz CT molecular complexity index is 397. The van der Waals surface area contributed by atoms with E-state index in [2.05, 4.69) is 12.6 Å². The predicted molar refractivity (Wildman–Crippen MR) is 77.1 cm³/mol. The van der Waals surface area contributed by atoms with Crippen LogP contribution in [0, 0.1) is 11.2 Å². The molecular formula is C13H19ClFNOS. The third-order valence-electron chi connectivity index (χ3n) is 2.29. The molecule has 2 nitrogen and oxygen atoms in total. The van der Waals surface area contributed by atoms with Gasteiger partial charge in [-0.25, -0.2) is 4.39 Å². The van der Waals surface area contributed by atoms with Gasteiger partial charge >= 0.3 is 0 Å². The SMILES string of the molecule is CC(C)(C)COc1c(F)cc(C(N)CS)cc1Cl. The summed E-state index contributed by atoms with van der Waals surface area (Å²) in [4.78, 5) is 0. The lowest BCUT2D eigenvalue weighted by Crippen LogP contribution is -2.18. The number of ether oxygens (including phenoxy) is 1. The van der Waals surface area contributed by atoms with E-state index in [1.807, 2.05) is 20.8 Å². The molecule has 0 saturated heterocycles. The van der Waals surface area contributed by atoms with Crippen molar-refractivity contribution in [2.75, 3.05) is 12.4 Å². The summed E-state index contributed by atoms with van der Waals surface area (Å²) in [5.74, 6) is 0.0264. The molecule has 0 radical (unpaired) electrons. The second kappa shape index (κ2) is 6.13. The Morgan fingerprint density at radius 3 is 2.50 bits per heavy atom. The summed E-state index contributed by atoms with van der Waals surface area (Å²) in [6.45, 7) is 6.40. The molecule has 1 rings (SSSR count). The molecule has 0 heterocycles. The Kier molecular flexibility index (Phi) is 5.32. The lowest BCUT2D eigenvalue weighted by Gasteiger charge is -2.20. The second-order valence-corrected chi connectivity index (χ2v) is 6.22. The summed E-state index contributed by atoms with van der Waals surface area (Å²) in [5.41, 5.74) is 6.34. The molecule has 0 bridgehead atoms. The van der Waals surface area contributed by atoms with Crippen LogP contribution in [0.5, 0.6) is 5.75 Å². The Hall–Kier alpha value is -0.450. The minimum absolute atomic E-state index is 0.0596. The normalized spacial score (nSPS) is 13.5. The molecule has 0 aromatic heterocycles. The molecule has 102 valence electrons. The first-order valence-electron chi connectivity index (χ1n) is 5.73. The van der Waals surface area contributed by atoms with Crippen LogP contribution >= 0.6 is 24.2 Å². The Morgan fingerprint density at radius 2 is 2.06 bits per heavy atom. The molecule has 1 atom stereocenters. The highest BCUT2D eigenvalue weighted by molar-refractivity contribution is 7.80. The van der Waals surface area contributed by atoms with Crippen LogP contribution < -0.4 is 10.5 Å². The monoisotopic (exact) mass is 291 g/mol. The second-order valence-electron chi connectivity index (χ2n) is 5.45. The fourth-order valence-corrected chi connectivity index (χ4v) is 1.81. The number of nitrogens with two attached hydrogens (primary N) is 1. The molecule has 1 aromatic carbocycles. The highest BCUT2D eigenvalue weighted by Gasteiger charge is 2.17. The van der Waals surface area contributed by atoms with Gasteiger partial charge in [0.05, 0.1) is 11.6 Å². The molecule has 5 heteroatoms. The summed E-state index contributed by atoms with van der Waals surface area (Å²) in [6.07, 6.45) is 0. The number of hydrogen-bond acceptors (Lipinski definition) is 3. The Morgan fingerprint density at radius 1 is 1.44 bits per heavy atom. The van der Waals surface area contributed by atoms with Crippen molar-refractivity contribution in [1.29, 1.82) is 0 Å². The van der Waals surface area contributed by atoms with E-state index in [4.69, 9.17) is 22.1 Å². The van der Waals surface area contributed by atoms with E-state index in [1.165, 1.54) is 6.07 Å². The van der Waals surface area contributed by atoms with E-state index in [0.29, 0.717) is 17.9 Å². The smallest absolute Gasteiger partial charge is 0.173 e. The van der Waals surface area contributed by atoms with Crippen LogP contribution in [0.3, 0.4) is 0 Å². The van der Waals surface area contributed by atoms with Gasteiger partial charge in [-0.1, -0.05) is 32.4 Å². The van der Waals surface area contributed by atoms with Crippen LogP contribution in [0.2, 0.25) is 5.02 Å². The van der Waals surface area contributed by atoms with Crippen LogP contribution in [0.25, 0.3) is 0 Å². The van der Waals surface area contributed by atoms with Gasteiger partial charge in [-0.3, -0.25) is 0 Å². The van der Waals surface area contributed by atoms with E-state index in [9.17, 15) is 4.39 Å². The third kappa shape index (κ3) is 4.34. The molecular weight excluding hydrogens is 273 g/mol. The maximum atomic E-state index is 13.9. The van der Waals surface area contributed by atoms with E-state index >= 15 is 0 Å². The van der Waals surface area contributed by atoms with Crippen molar-refractivity contribution in [2.24, 2.45) is 11.1 Å². The van der Waals surface area contributed by atoms with Gasteiger partial charge in [0.15, 0.2) is 11.6 Å². The fraction of sp³-hybridized carbons (Fsp3) is 0.538. The van der Waals surface area contributed by atoms with Gasteiger partial charge in [0.2, 0.25) is 0 Å². The van der Waals surface area contributed by atoms with Crippen molar-refractivity contribution in [3.8, 4) is 5.75 Å². The first kappa shape index (κ1) is 15.6. The van der Waals surface area contributed by atoms with Gasteiger partial charge in [0.1, 0.15) is 0 Å². The summed E-state index contributed by atoms with van der Waals surface area (Å²) in [5, 5.41) is 0.242. The van der Waals surface area contributed by atoms with Gasteiger partial charge in [0, 0.05) is 11.8 Å². The zero-order valence-corrected chi connectivity index (χ0v) is 12.5. The maximum Gasteiger partial charge on any atom is 0.173 e. The Balaban J connectivity index is 2.94. The van der Waals surface area contributed by atoms with Gasteiger partial charge in [-0.15, -0.1) is 0 Å². The van der Waals surface area contributed by atoms with Crippen molar-refractivity contribution in [2.45, 2.75) is 26.8 Å².